The molecule has 0 aliphatic carbocycles. The lowest BCUT2D eigenvalue weighted by molar-refractivity contribution is -0.138. The third-order valence-electron chi connectivity index (χ3n) is 6.88. The van der Waals surface area contributed by atoms with E-state index in [0.717, 1.165) is 47.5 Å². The zero-order valence-electron chi connectivity index (χ0n) is 21.3. The van der Waals surface area contributed by atoms with Crippen LogP contribution in [-0.2, 0) is 10.9 Å². The Balaban J connectivity index is 1.56. The monoisotopic (exact) mass is 512 g/mol. The highest BCUT2D eigenvalue weighted by atomic mass is 19.4. The van der Waals surface area contributed by atoms with Gasteiger partial charge < -0.3 is 14.4 Å². The van der Waals surface area contributed by atoms with Crippen molar-refractivity contribution in [2.75, 3.05) is 40.5 Å². The lowest BCUT2D eigenvalue weighted by Gasteiger charge is -2.21. The van der Waals surface area contributed by atoms with Gasteiger partial charge in [0.1, 0.15) is 11.6 Å². The van der Waals surface area contributed by atoms with Crippen LogP contribution in [-0.4, -0.2) is 59.7 Å². The molecular weight excluding hydrogens is 481 g/mol. The third kappa shape index (κ3) is 5.29. The average Bonchev–Trinajstić information content (AvgIpc) is 3.23. The second kappa shape index (κ2) is 10.3. The summed E-state index contributed by atoms with van der Waals surface area (Å²) < 4.78 is 55.1. The normalized spacial score (nSPS) is 15.2. The lowest BCUT2D eigenvalue weighted by atomic mass is 9.99. The number of benzene rings is 2. The minimum atomic E-state index is -4.53. The number of rotatable bonds is 7. The molecule has 0 spiro atoms. The minimum Gasteiger partial charge on any atom is -0.493 e. The average molecular weight is 513 g/mol. The van der Waals surface area contributed by atoms with E-state index in [-0.39, 0.29) is 18.3 Å². The first-order valence-corrected chi connectivity index (χ1v) is 12.6. The van der Waals surface area contributed by atoms with Crippen molar-refractivity contribution in [3.8, 4) is 16.9 Å². The molecule has 3 heterocycles. The van der Waals surface area contributed by atoms with Crippen molar-refractivity contribution in [1.29, 1.82) is 0 Å². The number of fused-ring (bicyclic) bond motifs is 3. The Hall–Kier alpha value is -3.17. The van der Waals surface area contributed by atoms with Crippen LogP contribution < -0.4 is 4.74 Å². The molecular formula is C28H31F3N4O2. The number of ether oxygens (including phenoxy) is 2. The van der Waals surface area contributed by atoms with Gasteiger partial charge in [0, 0.05) is 25.7 Å². The standard InChI is InChI=1S/C28H31F3N4O2/c1-18-25-17-32-23-7-5-21(16-24(23)35(25)27(33-18)19-9-13-36-14-10-19)20-6-8-26(22(15-20)28(29,30)31)37-12-4-11-34(2)3/h5-8,15-17,19H,4,9-14H2,1-3H3. The first kappa shape index (κ1) is 25.5. The minimum absolute atomic E-state index is 0.146. The molecule has 1 saturated heterocycles. The fourth-order valence-electron chi connectivity index (χ4n) is 4.94. The molecule has 0 radical (unpaired) electrons. The van der Waals surface area contributed by atoms with Gasteiger partial charge in [0.2, 0.25) is 0 Å². The number of aryl methyl sites for hydroxylation is 1. The molecule has 9 heteroatoms. The number of halogens is 3. The highest BCUT2D eigenvalue weighted by Crippen LogP contribution is 2.39. The van der Waals surface area contributed by atoms with Gasteiger partial charge in [-0.2, -0.15) is 13.2 Å². The van der Waals surface area contributed by atoms with Crippen molar-refractivity contribution in [1.82, 2.24) is 19.3 Å². The lowest BCUT2D eigenvalue weighted by Crippen LogP contribution is -2.16. The number of hydrogen-bond donors (Lipinski definition) is 0. The van der Waals surface area contributed by atoms with Crippen molar-refractivity contribution < 1.29 is 22.6 Å². The van der Waals surface area contributed by atoms with Gasteiger partial charge in [0.15, 0.2) is 0 Å². The van der Waals surface area contributed by atoms with Crippen LogP contribution in [0.1, 0.15) is 42.3 Å². The van der Waals surface area contributed by atoms with E-state index in [1.807, 2.05) is 50.3 Å². The van der Waals surface area contributed by atoms with Crippen LogP contribution >= 0.6 is 0 Å². The predicted octanol–water partition coefficient (Wildman–Crippen LogP) is 6.10. The zero-order valence-corrected chi connectivity index (χ0v) is 21.3. The summed E-state index contributed by atoms with van der Waals surface area (Å²) >= 11 is 0. The van der Waals surface area contributed by atoms with E-state index in [1.165, 1.54) is 12.1 Å². The number of hydrogen-bond acceptors (Lipinski definition) is 5. The van der Waals surface area contributed by atoms with E-state index < -0.39 is 11.7 Å². The van der Waals surface area contributed by atoms with Gasteiger partial charge in [0.05, 0.1) is 40.6 Å². The van der Waals surface area contributed by atoms with Crippen LogP contribution in [0, 0.1) is 6.92 Å². The molecule has 1 fully saturated rings. The summed E-state index contributed by atoms with van der Waals surface area (Å²) in [6, 6.07) is 9.86. The topological polar surface area (TPSA) is 51.9 Å². The quantitative estimate of drug-likeness (QED) is 0.280. The van der Waals surface area contributed by atoms with Crippen LogP contribution in [0.15, 0.2) is 42.6 Å². The molecule has 0 N–H and O–H groups in total. The number of aromatic nitrogens is 3. The van der Waals surface area contributed by atoms with Crippen molar-refractivity contribution in [2.45, 2.75) is 38.3 Å². The van der Waals surface area contributed by atoms with Gasteiger partial charge in [-0.3, -0.25) is 9.38 Å². The van der Waals surface area contributed by atoms with Crippen LogP contribution in [0.25, 0.3) is 27.7 Å². The van der Waals surface area contributed by atoms with E-state index in [1.54, 1.807) is 6.07 Å². The summed E-state index contributed by atoms with van der Waals surface area (Å²) in [4.78, 5) is 11.4. The maximum Gasteiger partial charge on any atom is 0.419 e. The molecule has 2 aromatic carbocycles. The van der Waals surface area contributed by atoms with Crippen molar-refractivity contribution in [3.63, 3.8) is 0 Å². The van der Waals surface area contributed by atoms with Gasteiger partial charge in [-0.05, 0) is 75.7 Å². The van der Waals surface area contributed by atoms with Crippen LogP contribution in [0.4, 0.5) is 13.2 Å². The van der Waals surface area contributed by atoms with E-state index in [9.17, 15) is 13.2 Å². The van der Waals surface area contributed by atoms with Crippen molar-refractivity contribution in [2.24, 2.45) is 0 Å². The van der Waals surface area contributed by atoms with Gasteiger partial charge in [-0.25, -0.2) is 4.98 Å². The summed E-state index contributed by atoms with van der Waals surface area (Å²) in [5, 5.41) is 0. The molecule has 0 unspecified atom stereocenters. The summed E-state index contributed by atoms with van der Waals surface area (Å²) in [6.07, 6.45) is -0.312. The van der Waals surface area contributed by atoms with Crippen molar-refractivity contribution >= 4 is 16.6 Å². The fraction of sp³-hybridized carbons (Fsp3) is 0.429. The maximum absolute atomic E-state index is 14.0. The predicted molar refractivity (Wildman–Crippen MR) is 137 cm³/mol. The first-order valence-electron chi connectivity index (χ1n) is 12.6. The highest BCUT2D eigenvalue weighted by molar-refractivity contribution is 5.85. The largest absolute Gasteiger partial charge is 0.493 e. The Morgan fingerprint density at radius 2 is 1.78 bits per heavy atom. The van der Waals surface area contributed by atoms with Crippen molar-refractivity contribution in [3.05, 3.63) is 59.7 Å². The van der Waals surface area contributed by atoms with Gasteiger partial charge in [-0.15, -0.1) is 0 Å². The Labute approximate surface area is 214 Å². The van der Waals surface area contributed by atoms with Gasteiger partial charge in [-0.1, -0.05) is 12.1 Å². The summed E-state index contributed by atoms with van der Waals surface area (Å²) in [6.45, 7) is 4.30. The molecule has 4 aromatic rings. The second-order valence-corrected chi connectivity index (χ2v) is 9.84. The summed E-state index contributed by atoms with van der Waals surface area (Å²) in [7, 11) is 3.83. The molecule has 0 atom stereocenters. The molecule has 196 valence electrons. The van der Waals surface area contributed by atoms with E-state index in [0.29, 0.717) is 30.8 Å². The Bertz CT molecular complexity index is 1410. The summed E-state index contributed by atoms with van der Waals surface area (Å²) in [5.74, 6) is 1.06. The van der Waals surface area contributed by atoms with E-state index in [4.69, 9.17) is 14.5 Å². The SMILES string of the molecule is Cc1nc(C2CCOCC2)n2c1cnc1ccc(-c3ccc(OCCCN(C)C)c(C(F)(F)F)c3)cc12. The molecule has 0 amide bonds. The highest BCUT2D eigenvalue weighted by Gasteiger charge is 2.35. The smallest absolute Gasteiger partial charge is 0.419 e. The van der Waals surface area contributed by atoms with E-state index >= 15 is 0 Å². The molecule has 0 bridgehead atoms. The summed E-state index contributed by atoms with van der Waals surface area (Å²) in [5.41, 5.74) is 3.76. The fourth-order valence-corrected chi connectivity index (χ4v) is 4.94. The van der Waals surface area contributed by atoms with Crippen LogP contribution in [0.5, 0.6) is 5.75 Å². The molecule has 2 aromatic heterocycles. The molecule has 0 saturated carbocycles. The van der Waals surface area contributed by atoms with E-state index in [2.05, 4.69) is 9.38 Å². The molecule has 37 heavy (non-hydrogen) atoms. The molecule has 1 aliphatic rings. The number of alkyl halides is 3. The Morgan fingerprint density at radius 3 is 2.51 bits per heavy atom. The number of nitrogens with zero attached hydrogens (tertiary/aromatic N) is 4. The number of imidazole rings is 1. The van der Waals surface area contributed by atoms with Crippen LogP contribution in [0.2, 0.25) is 0 Å². The van der Waals surface area contributed by atoms with Gasteiger partial charge in [0.25, 0.3) is 0 Å². The Morgan fingerprint density at radius 1 is 1.05 bits per heavy atom. The van der Waals surface area contributed by atoms with Gasteiger partial charge >= 0.3 is 6.18 Å². The zero-order chi connectivity index (χ0) is 26.2. The third-order valence-corrected chi connectivity index (χ3v) is 6.88. The molecule has 5 rings (SSSR count). The second-order valence-electron chi connectivity index (χ2n) is 9.84. The first-order chi connectivity index (χ1) is 17.7. The van der Waals surface area contributed by atoms with Crippen LogP contribution in [0.3, 0.4) is 0 Å². The molecule has 1 aliphatic heterocycles. The Kier molecular flexibility index (Phi) is 7.09. The molecule has 6 nitrogen and oxygen atoms in total. The maximum atomic E-state index is 14.0.